The van der Waals surface area contributed by atoms with Crippen LogP contribution in [0.25, 0.3) is 0 Å². The van der Waals surface area contributed by atoms with Crippen molar-refractivity contribution in [2.24, 2.45) is 0 Å². The summed E-state index contributed by atoms with van der Waals surface area (Å²) in [5, 5.41) is 15.7. The number of rotatable bonds is 3. The maximum Gasteiger partial charge on any atom is 0.330 e. The van der Waals surface area contributed by atoms with Gasteiger partial charge in [-0.1, -0.05) is 6.58 Å². The van der Waals surface area contributed by atoms with Crippen molar-refractivity contribution in [3.05, 3.63) is 12.2 Å². The van der Waals surface area contributed by atoms with Gasteiger partial charge in [0, 0.05) is 12.7 Å². The van der Waals surface area contributed by atoms with Crippen LogP contribution in [0.15, 0.2) is 12.2 Å². The molecule has 0 aliphatic carbocycles. The molecule has 5 heteroatoms. The van der Waals surface area contributed by atoms with Crippen LogP contribution in [0.1, 0.15) is 6.92 Å². The summed E-state index contributed by atoms with van der Waals surface area (Å²) in [5.74, 6) is -1.87. The molecule has 0 radical (unpaired) electrons. The van der Waals surface area contributed by atoms with Crippen LogP contribution in [0.2, 0.25) is 0 Å². The van der Waals surface area contributed by atoms with Crippen molar-refractivity contribution in [3.8, 4) is 0 Å². The standard InChI is InChI=1S/C4H6O2.C3H6O3/c1-3(2)4(5)6;1-6-2-3(4)5/h1H2,2H3,(H,5,6);2H2,1H3,(H,4,5). The number of aliphatic carboxylic acids is 2. The Morgan fingerprint density at radius 3 is 1.75 bits per heavy atom. The highest BCUT2D eigenvalue weighted by Gasteiger charge is 1.90. The maximum absolute atomic E-state index is 9.60. The van der Waals surface area contributed by atoms with Crippen LogP contribution < -0.4 is 0 Å². The van der Waals surface area contributed by atoms with Gasteiger partial charge in [0.15, 0.2) is 0 Å². The fraction of sp³-hybridized carbons (Fsp3) is 0.429. The van der Waals surface area contributed by atoms with Crippen LogP contribution in [0.4, 0.5) is 0 Å². The first-order chi connectivity index (χ1) is 5.41. The second-order valence-corrected chi connectivity index (χ2v) is 1.91. The number of hydrogen-bond acceptors (Lipinski definition) is 3. The van der Waals surface area contributed by atoms with Crippen molar-refractivity contribution in [1.29, 1.82) is 0 Å². The molecule has 12 heavy (non-hydrogen) atoms. The Morgan fingerprint density at radius 2 is 1.75 bits per heavy atom. The van der Waals surface area contributed by atoms with Crippen molar-refractivity contribution >= 4 is 11.9 Å². The maximum atomic E-state index is 9.60. The molecule has 2 N–H and O–H groups in total. The quantitative estimate of drug-likeness (QED) is 0.606. The van der Waals surface area contributed by atoms with Crippen LogP contribution in [0.3, 0.4) is 0 Å². The fourth-order valence-corrected chi connectivity index (χ4v) is 0.123. The Kier molecular flexibility index (Phi) is 8.55. The summed E-state index contributed by atoms with van der Waals surface area (Å²) < 4.78 is 4.20. The predicted octanol–water partition coefficient (Wildman–Crippen LogP) is 0.364. The Labute approximate surface area is 70.3 Å². The van der Waals surface area contributed by atoms with E-state index in [1.54, 1.807) is 0 Å². The third kappa shape index (κ3) is 15.9. The fourth-order valence-electron chi connectivity index (χ4n) is 0.123. The molecule has 0 fully saturated rings. The zero-order valence-electron chi connectivity index (χ0n) is 7.03. The smallest absolute Gasteiger partial charge is 0.330 e. The highest BCUT2D eigenvalue weighted by molar-refractivity contribution is 5.84. The predicted molar refractivity (Wildman–Crippen MR) is 42.0 cm³/mol. The lowest BCUT2D eigenvalue weighted by Gasteiger charge is -1.83. The van der Waals surface area contributed by atoms with Gasteiger partial charge in [-0.15, -0.1) is 0 Å². The monoisotopic (exact) mass is 176 g/mol. The van der Waals surface area contributed by atoms with E-state index < -0.39 is 11.9 Å². The first kappa shape index (κ1) is 13.2. The molecule has 0 aliphatic heterocycles. The van der Waals surface area contributed by atoms with E-state index in [0.29, 0.717) is 0 Å². The average Bonchev–Trinajstić information content (AvgIpc) is 1.87. The largest absolute Gasteiger partial charge is 0.480 e. The van der Waals surface area contributed by atoms with Crippen LogP contribution in [0, 0.1) is 0 Å². The van der Waals surface area contributed by atoms with E-state index in [-0.39, 0.29) is 12.2 Å². The zero-order valence-corrected chi connectivity index (χ0v) is 7.03. The summed E-state index contributed by atoms with van der Waals surface area (Å²) >= 11 is 0. The molecule has 0 atom stereocenters. The van der Waals surface area contributed by atoms with Gasteiger partial charge in [0.1, 0.15) is 6.61 Å². The lowest BCUT2D eigenvalue weighted by molar-refractivity contribution is -0.141. The summed E-state index contributed by atoms with van der Waals surface area (Å²) in [6.07, 6.45) is 0. The lowest BCUT2D eigenvalue weighted by Crippen LogP contribution is -2.02. The lowest BCUT2D eigenvalue weighted by atomic mass is 10.4. The molecule has 0 rings (SSSR count). The van der Waals surface area contributed by atoms with Gasteiger partial charge in [0.05, 0.1) is 0 Å². The Balaban J connectivity index is 0. The third-order valence-corrected chi connectivity index (χ3v) is 0.633. The molecule has 0 aromatic carbocycles. The van der Waals surface area contributed by atoms with Crippen LogP contribution in [-0.2, 0) is 14.3 Å². The van der Waals surface area contributed by atoms with Gasteiger partial charge in [-0.05, 0) is 6.92 Å². The minimum absolute atomic E-state index is 0.176. The molecule has 0 saturated heterocycles. The van der Waals surface area contributed by atoms with E-state index in [1.165, 1.54) is 14.0 Å². The molecule has 70 valence electrons. The number of hydrogen-bond donors (Lipinski definition) is 2. The van der Waals surface area contributed by atoms with E-state index >= 15 is 0 Å². The molecule has 0 saturated carbocycles. The molecule has 0 aromatic heterocycles. The van der Waals surface area contributed by atoms with Crippen molar-refractivity contribution in [3.63, 3.8) is 0 Å². The second-order valence-electron chi connectivity index (χ2n) is 1.91. The number of carboxylic acid groups (broad SMARTS) is 2. The van der Waals surface area contributed by atoms with Crippen molar-refractivity contribution in [2.45, 2.75) is 6.92 Å². The SMILES string of the molecule is C=C(C)C(=O)O.COCC(=O)O. The third-order valence-electron chi connectivity index (χ3n) is 0.633. The Bertz CT molecular complexity index is 161. The van der Waals surface area contributed by atoms with Gasteiger partial charge in [-0.3, -0.25) is 0 Å². The van der Waals surface area contributed by atoms with Gasteiger partial charge < -0.3 is 14.9 Å². The number of ether oxygens (including phenoxy) is 1. The molecule has 0 unspecified atom stereocenters. The zero-order chi connectivity index (χ0) is 10.1. The summed E-state index contributed by atoms with van der Waals surface area (Å²) in [4.78, 5) is 19.1. The van der Waals surface area contributed by atoms with Crippen LogP contribution >= 0.6 is 0 Å². The highest BCUT2D eigenvalue weighted by Crippen LogP contribution is 1.81. The van der Waals surface area contributed by atoms with E-state index in [4.69, 9.17) is 10.2 Å². The summed E-state index contributed by atoms with van der Waals surface area (Å²) in [7, 11) is 1.34. The average molecular weight is 176 g/mol. The van der Waals surface area contributed by atoms with Gasteiger partial charge >= 0.3 is 11.9 Å². The van der Waals surface area contributed by atoms with Gasteiger partial charge in [0.25, 0.3) is 0 Å². The van der Waals surface area contributed by atoms with Crippen molar-refractivity contribution in [2.75, 3.05) is 13.7 Å². The van der Waals surface area contributed by atoms with Crippen molar-refractivity contribution < 1.29 is 24.5 Å². The number of methoxy groups -OCH3 is 1. The van der Waals surface area contributed by atoms with Gasteiger partial charge in [-0.25, -0.2) is 9.59 Å². The molecule has 0 aliphatic rings. The molecule has 0 amide bonds. The number of carboxylic acids is 2. The first-order valence-corrected chi connectivity index (χ1v) is 3.01. The van der Waals surface area contributed by atoms with E-state index in [0.717, 1.165) is 0 Å². The molecule has 0 spiro atoms. The number of carbonyl (C=O) groups is 2. The van der Waals surface area contributed by atoms with E-state index in [9.17, 15) is 9.59 Å². The molecular weight excluding hydrogens is 164 g/mol. The van der Waals surface area contributed by atoms with Crippen molar-refractivity contribution in [1.82, 2.24) is 0 Å². The Hall–Kier alpha value is -1.36. The molecule has 0 heterocycles. The summed E-state index contributed by atoms with van der Waals surface area (Å²) in [6, 6.07) is 0. The summed E-state index contributed by atoms with van der Waals surface area (Å²) in [6.45, 7) is 4.39. The van der Waals surface area contributed by atoms with Gasteiger partial charge in [-0.2, -0.15) is 0 Å². The minimum Gasteiger partial charge on any atom is -0.480 e. The normalized spacial score (nSPS) is 7.83. The van der Waals surface area contributed by atoms with Crippen LogP contribution in [0.5, 0.6) is 0 Å². The minimum atomic E-state index is -0.935. The first-order valence-electron chi connectivity index (χ1n) is 3.01. The summed E-state index contributed by atoms with van der Waals surface area (Å²) in [5.41, 5.74) is 0.176. The Morgan fingerprint density at radius 1 is 1.42 bits per heavy atom. The van der Waals surface area contributed by atoms with Gasteiger partial charge in [0.2, 0.25) is 0 Å². The molecule has 0 aromatic rings. The highest BCUT2D eigenvalue weighted by atomic mass is 16.5. The molecule has 0 bridgehead atoms. The van der Waals surface area contributed by atoms with Crippen LogP contribution in [-0.4, -0.2) is 35.9 Å². The second kappa shape index (κ2) is 7.74. The molecular formula is C7H12O5. The van der Waals surface area contributed by atoms with E-state index in [2.05, 4.69) is 11.3 Å². The van der Waals surface area contributed by atoms with E-state index in [1.807, 2.05) is 0 Å². The molecule has 5 nitrogen and oxygen atoms in total. The topological polar surface area (TPSA) is 83.8 Å².